The van der Waals surface area contributed by atoms with Gasteiger partial charge >= 0.3 is 5.97 Å². The molecule has 2 aromatic rings. The molecule has 1 aliphatic heterocycles. The van der Waals surface area contributed by atoms with Crippen molar-refractivity contribution in [2.75, 3.05) is 13.1 Å². The van der Waals surface area contributed by atoms with Crippen LogP contribution in [0.5, 0.6) is 0 Å². The number of carboxylic acid groups (broad SMARTS) is 1. The number of furan rings is 1. The summed E-state index contributed by atoms with van der Waals surface area (Å²) in [7, 11) is 0. The van der Waals surface area contributed by atoms with Crippen molar-refractivity contribution in [3.05, 3.63) is 63.5 Å². The first-order valence-corrected chi connectivity index (χ1v) is 11.6. The fourth-order valence-corrected chi connectivity index (χ4v) is 4.11. The van der Waals surface area contributed by atoms with Gasteiger partial charge in [0.1, 0.15) is 11.8 Å². The maximum absolute atomic E-state index is 12.7. The predicted molar refractivity (Wildman–Crippen MR) is 130 cm³/mol. The third kappa shape index (κ3) is 7.56. The predicted octanol–water partition coefficient (Wildman–Crippen LogP) is 0.938. The molecule has 192 valence electrons. The van der Waals surface area contributed by atoms with Crippen LogP contribution in [-0.4, -0.2) is 65.2 Å². The maximum atomic E-state index is 12.7. The highest BCUT2D eigenvalue weighted by molar-refractivity contribution is 6.39. The molecule has 3 atom stereocenters. The number of hydrogen-bond donors (Lipinski definition) is 6. The average molecular weight is 539 g/mol. The molecule has 3 rings (SSSR count). The Morgan fingerprint density at radius 1 is 1.19 bits per heavy atom. The van der Waals surface area contributed by atoms with E-state index in [1.807, 2.05) is 0 Å². The number of benzene rings is 1. The van der Waals surface area contributed by atoms with Crippen molar-refractivity contribution >= 4 is 53.0 Å². The molecule has 36 heavy (non-hydrogen) atoms. The summed E-state index contributed by atoms with van der Waals surface area (Å²) in [5, 5.41) is 29.1. The van der Waals surface area contributed by atoms with Gasteiger partial charge in [0.05, 0.1) is 34.0 Å². The number of carbonyl (C=O) groups excluding carboxylic acids is 3. The van der Waals surface area contributed by atoms with Crippen molar-refractivity contribution in [2.45, 2.75) is 31.2 Å². The maximum Gasteiger partial charge on any atom is 0.328 e. The molecule has 0 spiro atoms. The van der Waals surface area contributed by atoms with Gasteiger partial charge < -0.3 is 35.9 Å². The van der Waals surface area contributed by atoms with Crippen LogP contribution in [0, 0.1) is 0 Å². The first-order valence-electron chi connectivity index (χ1n) is 10.8. The third-order valence-corrected chi connectivity index (χ3v) is 5.84. The van der Waals surface area contributed by atoms with E-state index in [9.17, 15) is 29.4 Å². The monoisotopic (exact) mass is 538 g/mol. The Hall–Kier alpha value is -3.38. The second kappa shape index (κ2) is 12.5. The molecule has 0 saturated carbocycles. The number of hydrogen-bond acceptors (Lipinski definition) is 7. The molecule has 0 aliphatic carbocycles. The first-order chi connectivity index (χ1) is 17.1. The minimum Gasteiger partial charge on any atom is -0.480 e. The Morgan fingerprint density at radius 2 is 1.92 bits per heavy atom. The van der Waals surface area contributed by atoms with Crippen LogP contribution in [0.2, 0.25) is 10.0 Å². The van der Waals surface area contributed by atoms with Gasteiger partial charge in [-0.15, -0.1) is 0 Å². The minimum atomic E-state index is -1.46. The average Bonchev–Trinajstić information content (AvgIpc) is 3.50. The molecule has 1 fully saturated rings. The summed E-state index contributed by atoms with van der Waals surface area (Å²) in [5.74, 6) is -2.60. The SMILES string of the molecule is O=C(/C=C/c1ccco1)NCc1cc(Cl)c(C(=O)N[C@@H](CNC(=O)[C@H]2C[C@H](O)CN2)C(=O)O)c(Cl)c1. The number of β-amino-alcohol motifs (C(OH)–C–C–N with tert-alkyl or cyclic N) is 1. The minimum absolute atomic E-state index is 0.0484. The number of rotatable bonds is 10. The van der Waals surface area contributed by atoms with Crippen molar-refractivity contribution in [2.24, 2.45) is 0 Å². The first kappa shape index (κ1) is 27.2. The number of carboxylic acids is 1. The summed E-state index contributed by atoms with van der Waals surface area (Å²) in [6, 6.07) is 4.12. The quantitative estimate of drug-likeness (QED) is 0.242. The molecule has 13 heteroatoms. The Balaban J connectivity index is 1.57. The number of aliphatic hydroxyl groups is 1. The van der Waals surface area contributed by atoms with Crippen LogP contribution in [-0.2, 0) is 20.9 Å². The van der Waals surface area contributed by atoms with E-state index in [4.69, 9.17) is 27.6 Å². The molecule has 11 nitrogen and oxygen atoms in total. The van der Waals surface area contributed by atoms with E-state index >= 15 is 0 Å². The highest BCUT2D eigenvalue weighted by Gasteiger charge is 2.30. The van der Waals surface area contributed by atoms with Gasteiger partial charge in [0.25, 0.3) is 5.91 Å². The topological polar surface area (TPSA) is 170 Å². The van der Waals surface area contributed by atoms with Gasteiger partial charge in [-0.3, -0.25) is 14.4 Å². The van der Waals surface area contributed by atoms with Crippen molar-refractivity contribution in [3.8, 4) is 0 Å². The lowest BCUT2D eigenvalue weighted by Crippen LogP contribution is -2.51. The molecular formula is C23H24Cl2N4O7. The van der Waals surface area contributed by atoms with E-state index in [1.54, 1.807) is 12.1 Å². The molecule has 0 unspecified atom stereocenters. The summed E-state index contributed by atoms with van der Waals surface area (Å²) in [4.78, 5) is 48.5. The van der Waals surface area contributed by atoms with Gasteiger partial charge in [-0.2, -0.15) is 0 Å². The van der Waals surface area contributed by atoms with Crippen molar-refractivity contribution in [3.63, 3.8) is 0 Å². The fourth-order valence-electron chi connectivity index (χ4n) is 3.41. The number of halogens is 2. The summed E-state index contributed by atoms with van der Waals surface area (Å²) in [5.41, 5.74) is 0.360. The third-order valence-electron chi connectivity index (χ3n) is 5.25. The zero-order chi connectivity index (χ0) is 26.2. The van der Waals surface area contributed by atoms with Gasteiger partial charge in [0.2, 0.25) is 11.8 Å². The second-order valence-corrected chi connectivity index (χ2v) is 8.78. The van der Waals surface area contributed by atoms with Crippen LogP contribution in [0.3, 0.4) is 0 Å². The van der Waals surface area contributed by atoms with Crippen LogP contribution in [0.4, 0.5) is 0 Å². The van der Waals surface area contributed by atoms with Crippen LogP contribution < -0.4 is 21.3 Å². The van der Waals surface area contributed by atoms with Crippen LogP contribution >= 0.6 is 23.2 Å². The highest BCUT2D eigenvalue weighted by Crippen LogP contribution is 2.27. The van der Waals surface area contributed by atoms with Crippen LogP contribution in [0.15, 0.2) is 41.0 Å². The van der Waals surface area contributed by atoms with E-state index in [-0.39, 0.29) is 41.7 Å². The zero-order valence-electron chi connectivity index (χ0n) is 18.8. The lowest BCUT2D eigenvalue weighted by Gasteiger charge is -2.18. The van der Waals surface area contributed by atoms with Gasteiger partial charge in [-0.25, -0.2) is 4.79 Å². The fraction of sp³-hybridized carbons (Fsp3) is 0.304. The lowest BCUT2D eigenvalue weighted by molar-refractivity contribution is -0.139. The van der Waals surface area contributed by atoms with Gasteiger partial charge in [-0.05, 0) is 42.3 Å². The lowest BCUT2D eigenvalue weighted by atomic mass is 10.1. The Bertz CT molecular complexity index is 1130. The van der Waals surface area contributed by atoms with E-state index in [1.165, 1.54) is 30.5 Å². The molecule has 1 aromatic heterocycles. The molecule has 1 aliphatic rings. The summed E-state index contributed by atoms with van der Waals surface area (Å²) in [6.45, 7) is -0.0646. The van der Waals surface area contributed by atoms with Crippen LogP contribution in [0.25, 0.3) is 6.08 Å². The summed E-state index contributed by atoms with van der Waals surface area (Å²) >= 11 is 12.5. The Labute approximate surface area is 215 Å². The second-order valence-electron chi connectivity index (χ2n) is 7.96. The number of amides is 3. The van der Waals surface area contributed by atoms with Crippen molar-refractivity contribution in [1.82, 2.24) is 21.3 Å². The molecule has 1 aromatic carbocycles. The summed E-state index contributed by atoms with van der Waals surface area (Å²) in [6.07, 6.45) is 3.81. The van der Waals surface area contributed by atoms with Crippen molar-refractivity contribution < 1.29 is 33.8 Å². The van der Waals surface area contributed by atoms with Gasteiger partial charge in [0.15, 0.2) is 0 Å². The number of nitrogens with one attached hydrogen (secondary N) is 4. The van der Waals surface area contributed by atoms with Crippen LogP contribution in [0.1, 0.15) is 28.1 Å². The smallest absolute Gasteiger partial charge is 0.328 e. The van der Waals surface area contributed by atoms with Gasteiger partial charge in [0, 0.05) is 25.7 Å². The normalized spacial score (nSPS) is 18.1. The summed E-state index contributed by atoms with van der Waals surface area (Å²) < 4.78 is 5.10. The van der Waals surface area contributed by atoms with E-state index in [0.29, 0.717) is 11.3 Å². The largest absolute Gasteiger partial charge is 0.480 e. The molecule has 0 bridgehead atoms. The van der Waals surface area contributed by atoms with E-state index in [0.717, 1.165) is 0 Å². The number of carbonyl (C=O) groups is 4. The van der Waals surface area contributed by atoms with Gasteiger partial charge in [-0.1, -0.05) is 23.2 Å². The Kier molecular flexibility index (Phi) is 9.48. The molecule has 3 amide bonds. The molecule has 1 saturated heterocycles. The zero-order valence-corrected chi connectivity index (χ0v) is 20.3. The highest BCUT2D eigenvalue weighted by atomic mass is 35.5. The molecular weight excluding hydrogens is 515 g/mol. The Morgan fingerprint density at radius 3 is 2.50 bits per heavy atom. The van der Waals surface area contributed by atoms with E-state index in [2.05, 4.69) is 21.3 Å². The van der Waals surface area contributed by atoms with Crippen molar-refractivity contribution in [1.29, 1.82) is 0 Å². The standard InChI is InChI=1S/C23H24Cl2N4O7/c24-15-6-12(9-27-19(31)4-3-14-2-1-5-36-14)7-16(25)20(15)22(33)29-18(23(34)35)11-28-21(32)17-8-13(30)10-26-17/h1-7,13,17-18,26,30H,8-11H2,(H,27,31)(H,28,32)(H,29,33)(H,34,35)/b4-3+/t13-,17+,18-/m0/s1. The number of aliphatic hydroxyl groups excluding tert-OH is 1. The molecule has 2 heterocycles. The van der Waals surface area contributed by atoms with E-state index < -0.39 is 41.9 Å². The molecule has 6 N–H and O–H groups in total. The molecule has 0 radical (unpaired) electrons. The number of aliphatic carboxylic acids is 1.